The van der Waals surface area contributed by atoms with Crippen LogP contribution in [0.1, 0.15) is 13.8 Å². The fourth-order valence-corrected chi connectivity index (χ4v) is 6.48. The van der Waals surface area contributed by atoms with Crippen LogP contribution in [0.4, 0.5) is 11.4 Å². The van der Waals surface area contributed by atoms with Crippen molar-refractivity contribution < 1.29 is 0 Å². The summed E-state index contributed by atoms with van der Waals surface area (Å²) in [6.45, 7) is 4.45. The van der Waals surface area contributed by atoms with Gasteiger partial charge in [-0.05, 0) is 103 Å². The number of nitrogens with zero attached hydrogens (tertiary/aromatic N) is 2. The highest BCUT2D eigenvalue weighted by molar-refractivity contribution is 6.20. The Hall–Kier alpha value is -5.21. The first-order valence-corrected chi connectivity index (χ1v) is 14.5. The maximum absolute atomic E-state index is 4.26. The number of benzene rings is 5. The average Bonchev–Trinajstić information content (AvgIpc) is 3.21. The highest BCUT2D eigenvalue weighted by Gasteiger charge is 2.23. The number of hydrogen-bond donors (Lipinski definition) is 0. The molecule has 0 N–H and O–H groups in total. The predicted molar refractivity (Wildman–Crippen MR) is 178 cm³/mol. The third-order valence-corrected chi connectivity index (χ3v) is 8.60. The smallest absolute Gasteiger partial charge is 0.0492 e. The van der Waals surface area contributed by atoms with E-state index in [4.69, 9.17) is 0 Å². The molecule has 0 fully saturated rings. The minimum atomic E-state index is 0.00811. The Labute approximate surface area is 246 Å². The van der Waals surface area contributed by atoms with Gasteiger partial charge in [-0.2, -0.15) is 0 Å². The van der Waals surface area contributed by atoms with Crippen molar-refractivity contribution >= 4 is 32.9 Å². The first-order valence-electron chi connectivity index (χ1n) is 14.5. The van der Waals surface area contributed by atoms with Crippen molar-refractivity contribution in [3.63, 3.8) is 0 Å². The Balaban J connectivity index is 1.23. The third-order valence-electron chi connectivity index (χ3n) is 8.60. The van der Waals surface area contributed by atoms with E-state index in [0.717, 1.165) is 17.1 Å². The highest BCUT2D eigenvalue weighted by Crippen LogP contribution is 2.50. The highest BCUT2D eigenvalue weighted by atomic mass is 15.1. The second kappa shape index (κ2) is 9.43. The summed E-state index contributed by atoms with van der Waals surface area (Å²) in [4.78, 5) is 6.56. The quantitative estimate of drug-likeness (QED) is 0.222. The summed E-state index contributed by atoms with van der Waals surface area (Å²) >= 11 is 0. The topological polar surface area (TPSA) is 16.1 Å². The molecule has 2 nitrogen and oxygen atoms in total. The molecule has 1 aromatic heterocycles. The lowest BCUT2D eigenvalue weighted by Crippen LogP contribution is -2.15. The summed E-state index contributed by atoms with van der Waals surface area (Å²) in [6.07, 6.45) is 14.8. The van der Waals surface area contributed by atoms with Gasteiger partial charge >= 0.3 is 0 Å². The van der Waals surface area contributed by atoms with Crippen LogP contribution < -0.4 is 4.90 Å². The van der Waals surface area contributed by atoms with Crippen molar-refractivity contribution in [2.45, 2.75) is 13.8 Å². The molecule has 0 amide bonds. The summed E-state index contributed by atoms with van der Waals surface area (Å²) < 4.78 is 0. The van der Waals surface area contributed by atoms with Crippen molar-refractivity contribution in [1.82, 2.24) is 4.98 Å². The Morgan fingerprint density at radius 2 is 1.26 bits per heavy atom. The molecule has 1 heterocycles. The van der Waals surface area contributed by atoms with Gasteiger partial charge < -0.3 is 4.90 Å². The van der Waals surface area contributed by atoms with Crippen LogP contribution >= 0.6 is 0 Å². The zero-order valence-corrected chi connectivity index (χ0v) is 23.8. The number of anilines is 2. The summed E-state index contributed by atoms with van der Waals surface area (Å²) in [5, 5.41) is 5.22. The molecular weight excluding hydrogens is 508 g/mol. The van der Waals surface area contributed by atoms with Crippen LogP contribution in [-0.4, -0.2) is 4.98 Å². The molecule has 0 bridgehead atoms. The van der Waals surface area contributed by atoms with Crippen molar-refractivity contribution in [3.8, 4) is 33.4 Å². The molecule has 2 aliphatic rings. The largest absolute Gasteiger partial charge is 0.310 e. The zero-order chi connectivity index (χ0) is 28.3. The summed E-state index contributed by atoms with van der Waals surface area (Å²) in [6, 6.07) is 37.8. The molecule has 2 aliphatic carbocycles. The summed E-state index contributed by atoms with van der Waals surface area (Å²) in [5.74, 6) is 0. The molecule has 0 atom stereocenters. The van der Waals surface area contributed by atoms with E-state index >= 15 is 0 Å². The van der Waals surface area contributed by atoms with Gasteiger partial charge in [-0.25, -0.2) is 0 Å². The molecule has 8 rings (SSSR count). The van der Waals surface area contributed by atoms with Crippen molar-refractivity contribution in [2.75, 3.05) is 4.90 Å². The van der Waals surface area contributed by atoms with Crippen molar-refractivity contribution in [2.24, 2.45) is 5.41 Å². The first-order chi connectivity index (χ1) is 20.6. The van der Waals surface area contributed by atoms with Gasteiger partial charge in [0.1, 0.15) is 0 Å². The number of aromatic nitrogens is 1. The summed E-state index contributed by atoms with van der Waals surface area (Å²) in [5.41, 5.74) is 11.1. The van der Waals surface area contributed by atoms with E-state index in [1.807, 2.05) is 12.4 Å². The van der Waals surface area contributed by atoms with Gasteiger partial charge in [-0.15, -0.1) is 0 Å². The van der Waals surface area contributed by atoms with Crippen LogP contribution in [0, 0.1) is 5.41 Å². The maximum Gasteiger partial charge on any atom is 0.0492 e. The number of fused-ring (bicyclic) bond motifs is 4. The second-order valence-electron chi connectivity index (χ2n) is 11.8. The Morgan fingerprint density at radius 1 is 0.595 bits per heavy atom. The van der Waals surface area contributed by atoms with E-state index in [9.17, 15) is 0 Å². The van der Waals surface area contributed by atoms with Crippen LogP contribution in [0.3, 0.4) is 0 Å². The normalized spacial score (nSPS) is 14.6. The lowest BCUT2D eigenvalue weighted by molar-refractivity contribution is 0.627. The van der Waals surface area contributed by atoms with Gasteiger partial charge in [0.15, 0.2) is 0 Å². The van der Waals surface area contributed by atoms with Gasteiger partial charge in [-0.3, -0.25) is 4.98 Å². The second-order valence-corrected chi connectivity index (χ2v) is 11.8. The SMILES string of the molecule is CC1(C)C=CC=C(N(c2ccncc2)c2ccc(-c3ccc4c5c(cccc35)-c3cc5ccccc5cc3-4)cc2)C=C1. The van der Waals surface area contributed by atoms with E-state index in [0.29, 0.717) is 0 Å². The molecule has 0 unspecified atom stereocenters. The maximum atomic E-state index is 4.26. The molecule has 2 heteroatoms. The monoisotopic (exact) mass is 538 g/mol. The van der Waals surface area contributed by atoms with Crippen LogP contribution in [0.25, 0.3) is 54.9 Å². The molecule has 5 aromatic carbocycles. The Kier molecular flexibility index (Phi) is 5.52. The summed E-state index contributed by atoms with van der Waals surface area (Å²) in [7, 11) is 0. The molecule has 0 saturated carbocycles. The molecule has 0 saturated heterocycles. The molecule has 42 heavy (non-hydrogen) atoms. The molecule has 0 spiro atoms. The standard InChI is InChI=1S/C40H30N2/c1-40(2)21-6-9-30(18-22-40)42(32-19-23-41-24-20-32)31-14-12-27(13-15-31)33-16-17-36-38-26-29-8-4-3-7-28(29)25-37(38)35-11-5-10-34(33)39(35)36/h3-26H,1-2H3. The Bertz CT molecular complexity index is 2050. The first kappa shape index (κ1) is 24.6. The van der Waals surface area contributed by atoms with Crippen LogP contribution in [0.2, 0.25) is 0 Å². The number of rotatable bonds is 4. The molecule has 0 aliphatic heterocycles. The lowest BCUT2D eigenvalue weighted by atomic mass is 9.93. The van der Waals surface area contributed by atoms with Gasteiger partial charge in [-0.1, -0.05) is 98.8 Å². The molecule has 200 valence electrons. The van der Waals surface area contributed by atoms with Gasteiger partial charge in [0.2, 0.25) is 0 Å². The zero-order valence-electron chi connectivity index (χ0n) is 23.8. The van der Waals surface area contributed by atoms with Crippen molar-refractivity contribution in [1.29, 1.82) is 0 Å². The number of allylic oxidation sites excluding steroid dienone is 5. The van der Waals surface area contributed by atoms with Gasteiger partial charge in [0, 0.05) is 34.9 Å². The van der Waals surface area contributed by atoms with E-state index < -0.39 is 0 Å². The van der Waals surface area contributed by atoms with Crippen molar-refractivity contribution in [3.05, 3.63) is 152 Å². The fourth-order valence-electron chi connectivity index (χ4n) is 6.48. The minimum Gasteiger partial charge on any atom is -0.310 e. The molecular formula is C40H30N2. The lowest BCUT2D eigenvalue weighted by Gasteiger charge is -2.26. The predicted octanol–water partition coefficient (Wildman–Crippen LogP) is 10.9. The number of hydrogen-bond acceptors (Lipinski definition) is 2. The van der Waals surface area contributed by atoms with E-state index in [2.05, 4.69) is 157 Å². The van der Waals surface area contributed by atoms with Crippen LogP contribution in [-0.2, 0) is 0 Å². The Morgan fingerprint density at radius 3 is 2.00 bits per heavy atom. The van der Waals surface area contributed by atoms with Crippen LogP contribution in [0.15, 0.2) is 152 Å². The van der Waals surface area contributed by atoms with Gasteiger partial charge in [0.25, 0.3) is 0 Å². The van der Waals surface area contributed by atoms with E-state index in [-0.39, 0.29) is 5.41 Å². The molecule has 6 aromatic rings. The fraction of sp³-hybridized carbons (Fsp3) is 0.0750. The average molecular weight is 539 g/mol. The van der Waals surface area contributed by atoms with Gasteiger partial charge in [0.05, 0.1) is 0 Å². The minimum absolute atomic E-state index is 0.00811. The third kappa shape index (κ3) is 3.99. The number of pyridine rings is 1. The molecule has 0 radical (unpaired) electrons. The van der Waals surface area contributed by atoms with E-state index in [1.54, 1.807) is 0 Å². The van der Waals surface area contributed by atoms with E-state index in [1.165, 1.54) is 54.9 Å². The van der Waals surface area contributed by atoms with Crippen LogP contribution in [0.5, 0.6) is 0 Å².